The molecule has 0 N–H and O–H groups in total. The lowest BCUT2D eigenvalue weighted by molar-refractivity contribution is -0.161. The normalized spacial score (nSPS) is 26.8. The lowest BCUT2D eigenvalue weighted by atomic mass is 9.86. The summed E-state index contributed by atoms with van der Waals surface area (Å²) in [4.78, 5) is 11.9. The Morgan fingerprint density at radius 2 is 2.00 bits per heavy atom. The number of hydrogen-bond acceptors (Lipinski definition) is 2. The fourth-order valence-electron chi connectivity index (χ4n) is 3.20. The molecule has 0 radical (unpaired) electrons. The van der Waals surface area contributed by atoms with Crippen LogP contribution in [0.25, 0.3) is 0 Å². The van der Waals surface area contributed by atoms with Crippen LogP contribution in [0.5, 0.6) is 0 Å². The Morgan fingerprint density at radius 1 is 1.33 bits per heavy atom. The number of rotatable bonds is 2. The summed E-state index contributed by atoms with van der Waals surface area (Å²) in [6, 6.07) is 8.32. The molecule has 0 bridgehead atoms. The maximum Gasteiger partial charge on any atom is 0.334 e. The Morgan fingerprint density at radius 3 is 2.61 bits per heavy atom. The minimum Gasteiger partial charge on any atom is -0.451 e. The van der Waals surface area contributed by atoms with Gasteiger partial charge in [0, 0.05) is 11.0 Å². The molecule has 1 fully saturated rings. The van der Waals surface area contributed by atoms with Crippen molar-refractivity contribution in [3.63, 3.8) is 0 Å². The van der Waals surface area contributed by atoms with Gasteiger partial charge in [0.1, 0.15) is 5.60 Å². The maximum atomic E-state index is 11.9. The van der Waals surface area contributed by atoms with Crippen LogP contribution in [0.15, 0.2) is 36.4 Å². The Hall–Kier alpha value is -1.57. The highest BCUT2D eigenvalue weighted by Gasteiger charge is 2.64. The van der Waals surface area contributed by atoms with Crippen molar-refractivity contribution in [3.8, 4) is 0 Å². The smallest absolute Gasteiger partial charge is 0.334 e. The molecule has 0 amide bonds. The Labute approximate surface area is 108 Å². The third-order valence-electron chi connectivity index (χ3n) is 4.57. The topological polar surface area (TPSA) is 26.3 Å². The summed E-state index contributed by atoms with van der Waals surface area (Å²) < 4.78 is 5.83. The highest BCUT2D eigenvalue weighted by atomic mass is 16.6. The Kier molecular flexibility index (Phi) is 2.22. The first-order valence-corrected chi connectivity index (χ1v) is 6.46. The van der Waals surface area contributed by atoms with Crippen LogP contribution in [0.1, 0.15) is 37.8 Å². The molecule has 1 saturated carbocycles. The molecule has 3 rings (SSSR count). The van der Waals surface area contributed by atoms with Gasteiger partial charge in [-0.15, -0.1) is 0 Å². The van der Waals surface area contributed by atoms with Gasteiger partial charge in [-0.05, 0) is 44.2 Å². The maximum absolute atomic E-state index is 11.9. The fraction of sp³-hybridized carbons (Fsp3) is 0.438. The molecule has 2 aliphatic rings. The zero-order chi connectivity index (χ0) is 13.0. The predicted molar refractivity (Wildman–Crippen MR) is 70.1 cm³/mol. The highest BCUT2D eigenvalue weighted by Crippen LogP contribution is 2.66. The third-order valence-corrected chi connectivity index (χ3v) is 4.57. The van der Waals surface area contributed by atoms with Crippen molar-refractivity contribution in [1.29, 1.82) is 0 Å². The lowest BCUT2D eigenvalue weighted by Gasteiger charge is -2.32. The highest BCUT2D eigenvalue weighted by molar-refractivity contribution is 5.87. The predicted octanol–water partition coefficient (Wildman–Crippen LogP) is 3.36. The number of esters is 1. The molecule has 1 aromatic carbocycles. The van der Waals surface area contributed by atoms with Gasteiger partial charge in [0.15, 0.2) is 0 Å². The number of ether oxygens (including phenoxy) is 1. The second kappa shape index (κ2) is 3.47. The molecule has 0 heterocycles. The van der Waals surface area contributed by atoms with E-state index in [2.05, 4.69) is 31.7 Å². The summed E-state index contributed by atoms with van der Waals surface area (Å²) in [6.45, 7) is 7.44. The van der Waals surface area contributed by atoms with Crippen LogP contribution in [-0.4, -0.2) is 5.97 Å². The summed E-state index contributed by atoms with van der Waals surface area (Å²) >= 11 is 0. The molecule has 0 aliphatic heterocycles. The van der Waals surface area contributed by atoms with Crippen LogP contribution in [0.2, 0.25) is 0 Å². The molecule has 0 aromatic heterocycles. The molecular weight excluding hydrogens is 224 g/mol. The summed E-state index contributed by atoms with van der Waals surface area (Å²) in [7, 11) is 0. The summed E-state index contributed by atoms with van der Waals surface area (Å²) in [5.74, 6) is -0.277. The first-order chi connectivity index (χ1) is 8.48. The van der Waals surface area contributed by atoms with Crippen LogP contribution in [0, 0.1) is 5.41 Å². The van der Waals surface area contributed by atoms with E-state index >= 15 is 0 Å². The van der Waals surface area contributed by atoms with E-state index in [1.54, 1.807) is 6.92 Å². The first kappa shape index (κ1) is 11.5. The van der Waals surface area contributed by atoms with Gasteiger partial charge in [0.25, 0.3) is 0 Å². The van der Waals surface area contributed by atoms with E-state index in [0.29, 0.717) is 5.57 Å². The quantitative estimate of drug-likeness (QED) is 0.587. The minimum absolute atomic E-state index is 0.141. The number of hydrogen-bond donors (Lipinski definition) is 0. The zero-order valence-electron chi connectivity index (χ0n) is 11.0. The van der Waals surface area contributed by atoms with Crippen molar-refractivity contribution in [2.24, 2.45) is 5.41 Å². The van der Waals surface area contributed by atoms with Crippen molar-refractivity contribution in [2.75, 3.05) is 0 Å². The van der Waals surface area contributed by atoms with E-state index in [0.717, 1.165) is 19.3 Å². The lowest BCUT2D eigenvalue weighted by Crippen LogP contribution is -2.35. The van der Waals surface area contributed by atoms with E-state index in [4.69, 9.17) is 4.74 Å². The van der Waals surface area contributed by atoms with Crippen LogP contribution in [-0.2, 0) is 21.6 Å². The molecule has 1 spiro atoms. The van der Waals surface area contributed by atoms with E-state index < -0.39 is 5.60 Å². The van der Waals surface area contributed by atoms with E-state index in [9.17, 15) is 4.79 Å². The molecule has 94 valence electrons. The summed E-state index contributed by atoms with van der Waals surface area (Å²) in [5.41, 5.74) is 2.64. The monoisotopic (exact) mass is 242 g/mol. The Balaban J connectivity index is 2.03. The van der Waals surface area contributed by atoms with E-state index in [1.165, 1.54) is 11.1 Å². The zero-order valence-corrected chi connectivity index (χ0v) is 11.0. The molecular formula is C16H18O2. The molecule has 1 aromatic rings. The van der Waals surface area contributed by atoms with Gasteiger partial charge in [0.2, 0.25) is 0 Å². The van der Waals surface area contributed by atoms with Gasteiger partial charge in [-0.1, -0.05) is 30.8 Å². The Bertz CT molecular complexity index is 540. The van der Waals surface area contributed by atoms with Crippen LogP contribution < -0.4 is 0 Å². The second-order valence-electron chi connectivity index (χ2n) is 5.82. The molecule has 18 heavy (non-hydrogen) atoms. The van der Waals surface area contributed by atoms with Crippen LogP contribution in [0.3, 0.4) is 0 Å². The van der Waals surface area contributed by atoms with E-state index in [-0.39, 0.29) is 11.4 Å². The number of carbonyl (C=O) groups is 1. The van der Waals surface area contributed by atoms with Gasteiger partial charge >= 0.3 is 5.97 Å². The summed E-state index contributed by atoms with van der Waals surface area (Å²) in [5, 5.41) is 0. The number of benzene rings is 1. The SMILES string of the molecule is C=C(C)C(=O)OC1(C)c2ccccc2CC12CC2. The first-order valence-electron chi connectivity index (χ1n) is 6.46. The third kappa shape index (κ3) is 1.38. The van der Waals surface area contributed by atoms with Crippen molar-refractivity contribution < 1.29 is 9.53 Å². The minimum atomic E-state index is -0.473. The van der Waals surface area contributed by atoms with Crippen molar-refractivity contribution in [2.45, 2.75) is 38.7 Å². The molecule has 2 nitrogen and oxygen atoms in total. The summed E-state index contributed by atoms with van der Waals surface area (Å²) in [6.07, 6.45) is 3.31. The fourth-order valence-corrected chi connectivity index (χ4v) is 3.20. The molecule has 2 heteroatoms. The van der Waals surface area contributed by atoms with Crippen LogP contribution >= 0.6 is 0 Å². The van der Waals surface area contributed by atoms with E-state index in [1.807, 2.05) is 6.07 Å². The largest absolute Gasteiger partial charge is 0.451 e. The molecule has 2 aliphatic carbocycles. The van der Waals surface area contributed by atoms with Crippen molar-refractivity contribution in [1.82, 2.24) is 0 Å². The van der Waals surface area contributed by atoms with Gasteiger partial charge < -0.3 is 4.74 Å². The average molecular weight is 242 g/mol. The molecule has 1 unspecified atom stereocenters. The number of carbonyl (C=O) groups excluding carboxylic acids is 1. The van der Waals surface area contributed by atoms with Crippen molar-refractivity contribution in [3.05, 3.63) is 47.5 Å². The molecule has 1 atom stereocenters. The second-order valence-corrected chi connectivity index (χ2v) is 5.82. The van der Waals surface area contributed by atoms with Gasteiger partial charge in [-0.2, -0.15) is 0 Å². The van der Waals surface area contributed by atoms with Gasteiger partial charge in [-0.3, -0.25) is 0 Å². The van der Waals surface area contributed by atoms with Gasteiger partial charge in [0.05, 0.1) is 0 Å². The molecule has 0 saturated heterocycles. The van der Waals surface area contributed by atoms with Gasteiger partial charge in [-0.25, -0.2) is 4.79 Å². The van der Waals surface area contributed by atoms with Crippen LogP contribution in [0.4, 0.5) is 0 Å². The standard InChI is InChI=1S/C16H18O2/c1-11(2)14(17)18-15(3)13-7-5-4-6-12(13)10-16(15)8-9-16/h4-7H,1,8-10H2,2-3H3. The number of fused-ring (bicyclic) bond motifs is 1. The average Bonchev–Trinajstić information content (AvgIpc) is 3.05. The van der Waals surface area contributed by atoms with Crippen molar-refractivity contribution >= 4 is 5.97 Å².